The Balaban J connectivity index is 3.53. The first kappa shape index (κ1) is 12.2. The van der Waals surface area contributed by atoms with Gasteiger partial charge in [0.1, 0.15) is 5.82 Å². The molecule has 1 aromatic carbocycles. The van der Waals surface area contributed by atoms with Crippen LogP contribution in [0.5, 0.6) is 0 Å². The minimum Gasteiger partial charge on any atom is -0.207 e. The average Bonchev–Trinajstić information content (AvgIpc) is 1.97. The molecule has 0 fully saturated rings. The molecule has 14 heavy (non-hydrogen) atoms. The van der Waals surface area contributed by atoms with Crippen molar-refractivity contribution in [1.82, 2.24) is 0 Å². The van der Waals surface area contributed by atoms with E-state index in [1.54, 1.807) is 0 Å². The normalized spacial score (nSPS) is 11.9. The molecule has 0 aliphatic rings. The number of benzene rings is 1. The van der Waals surface area contributed by atoms with Crippen LogP contribution in [0.25, 0.3) is 0 Å². The molecular weight excluding hydrogens is 276 g/mol. The maximum absolute atomic E-state index is 13.2. The van der Waals surface area contributed by atoms with Gasteiger partial charge in [-0.05, 0) is 18.6 Å². The Morgan fingerprint density at radius 3 is 2.00 bits per heavy atom. The Morgan fingerprint density at radius 2 is 1.57 bits per heavy atom. The highest BCUT2D eigenvalue weighted by Crippen LogP contribution is 2.24. The molecule has 0 amide bonds. The second kappa shape index (κ2) is 3.93. The van der Waals surface area contributed by atoms with Crippen molar-refractivity contribution in [2.75, 3.05) is 0 Å². The van der Waals surface area contributed by atoms with Crippen molar-refractivity contribution in [1.29, 1.82) is 0 Å². The van der Waals surface area contributed by atoms with Gasteiger partial charge in [-0.2, -0.15) is 0 Å². The molecule has 0 heterocycles. The van der Waals surface area contributed by atoms with Crippen LogP contribution in [0.4, 0.5) is 13.2 Å². The van der Waals surface area contributed by atoms with Crippen LogP contribution in [0, 0.1) is 24.4 Å². The van der Waals surface area contributed by atoms with Crippen LogP contribution in [-0.4, -0.2) is 6.00 Å². The molecule has 0 aromatic heterocycles. The van der Waals surface area contributed by atoms with Crippen LogP contribution in [0.2, 0.25) is 0 Å². The summed E-state index contributed by atoms with van der Waals surface area (Å²) >= 11 is 16.2. The molecule has 1 aromatic rings. The number of aryl methyl sites for hydroxylation is 1. The zero-order chi connectivity index (χ0) is 11.1. The molecule has 0 atom stereocenters. The summed E-state index contributed by atoms with van der Waals surface area (Å²) in [6.07, 6.45) is 0. The first-order valence-electron chi connectivity index (χ1n) is 3.46. The predicted molar refractivity (Wildman–Crippen MR) is 54.0 cm³/mol. The highest BCUT2D eigenvalue weighted by atomic mass is 35.8. The predicted octanol–water partition coefficient (Wildman–Crippen LogP) is 3.27. The van der Waals surface area contributed by atoms with Crippen LogP contribution >= 0.6 is 33.2 Å². The highest BCUT2D eigenvalue weighted by molar-refractivity contribution is 7.69. The van der Waals surface area contributed by atoms with Gasteiger partial charge in [-0.3, -0.25) is 0 Å². The largest absolute Gasteiger partial charge is 0.378 e. The molecule has 0 spiro atoms. The van der Waals surface area contributed by atoms with Crippen molar-refractivity contribution in [2.24, 2.45) is 0 Å². The first-order valence-corrected chi connectivity index (χ1v) is 8.50. The summed E-state index contributed by atoms with van der Waals surface area (Å²) in [5.74, 6) is -3.61. The Kier molecular flexibility index (Phi) is 3.41. The quantitative estimate of drug-likeness (QED) is 0.420. The summed E-state index contributed by atoms with van der Waals surface area (Å²) < 4.78 is 39.4. The SMILES string of the molecule is Cc1cc(F)c([Si](Cl)(Cl)Cl)c(F)c1F. The minimum atomic E-state index is -3.75. The zero-order valence-corrected chi connectivity index (χ0v) is 10.1. The van der Waals surface area contributed by atoms with Crippen molar-refractivity contribution in [3.05, 3.63) is 29.1 Å². The molecule has 0 N–H and O–H groups in total. The molecule has 0 unspecified atom stereocenters. The molecule has 1 rings (SSSR count). The third-order valence-corrected chi connectivity index (χ3v) is 4.35. The van der Waals surface area contributed by atoms with Crippen LogP contribution in [0.15, 0.2) is 6.07 Å². The van der Waals surface area contributed by atoms with Gasteiger partial charge in [0.2, 0.25) is 0 Å². The Bertz CT molecular complexity index is 375. The van der Waals surface area contributed by atoms with E-state index in [0.29, 0.717) is 0 Å². The van der Waals surface area contributed by atoms with E-state index in [4.69, 9.17) is 33.2 Å². The fourth-order valence-corrected chi connectivity index (χ4v) is 3.23. The highest BCUT2D eigenvalue weighted by Gasteiger charge is 2.37. The second-order valence-electron chi connectivity index (χ2n) is 2.68. The summed E-state index contributed by atoms with van der Waals surface area (Å²) in [6.45, 7) is 1.23. The van der Waals surface area contributed by atoms with Gasteiger partial charge in [0.05, 0.1) is 5.19 Å². The summed E-state index contributed by atoms with van der Waals surface area (Å²) in [5, 5.41) is -0.759. The lowest BCUT2D eigenvalue weighted by Gasteiger charge is -2.12. The van der Waals surface area contributed by atoms with E-state index in [0.717, 1.165) is 6.07 Å². The van der Waals surface area contributed by atoms with Gasteiger partial charge in [-0.1, -0.05) is 0 Å². The van der Waals surface area contributed by atoms with E-state index < -0.39 is 28.6 Å². The topological polar surface area (TPSA) is 0 Å². The summed E-state index contributed by atoms with van der Waals surface area (Å²) in [4.78, 5) is 0. The Labute approximate surface area is 93.7 Å². The minimum absolute atomic E-state index is 0.160. The lowest BCUT2D eigenvalue weighted by Crippen LogP contribution is -2.37. The fraction of sp³-hybridized carbons (Fsp3) is 0.143. The molecular formula is C7H4Cl3F3Si. The first-order chi connectivity index (χ1) is 6.25. The van der Waals surface area contributed by atoms with E-state index in [1.165, 1.54) is 6.92 Å². The number of hydrogen-bond acceptors (Lipinski definition) is 0. The second-order valence-corrected chi connectivity index (χ2v) is 11.0. The van der Waals surface area contributed by atoms with E-state index in [-0.39, 0.29) is 5.56 Å². The molecule has 0 saturated carbocycles. The number of rotatable bonds is 1. The van der Waals surface area contributed by atoms with Crippen molar-refractivity contribution in [3.63, 3.8) is 0 Å². The molecule has 7 heteroatoms. The van der Waals surface area contributed by atoms with Crippen molar-refractivity contribution in [3.8, 4) is 0 Å². The van der Waals surface area contributed by atoms with Crippen LogP contribution in [0.1, 0.15) is 5.56 Å². The molecule has 0 aliphatic carbocycles. The van der Waals surface area contributed by atoms with E-state index in [2.05, 4.69) is 0 Å². The smallest absolute Gasteiger partial charge is 0.207 e. The zero-order valence-electron chi connectivity index (χ0n) is 6.85. The fourth-order valence-electron chi connectivity index (χ4n) is 0.973. The Hall–Kier alpha value is 0.0969. The molecule has 0 bridgehead atoms. The van der Waals surface area contributed by atoms with Crippen LogP contribution in [-0.2, 0) is 0 Å². The number of hydrogen-bond donors (Lipinski definition) is 0. The van der Waals surface area contributed by atoms with Gasteiger partial charge in [0, 0.05) is 0 Å². The van der Waals surface area contributed by atoms with Gasteiger partial charge < -0.3 is 0 Å². The lowest BCUT2D eigenvalue weighted by atomic mass is 10.2. The molecule has 0 radical (unpaired) electrons. The molecule has 0 saturated heterocycles. The van der Waals surface area contributed by atoms with Gasteiger partial charge in [-0.15, -0.1) is 33.2 Å². The summed E-state index contributed by atoms with van der Waals surface area (Å²) in [7, 11) is 0. The van der Waals surface area contributed by atoms with Crippen LogP contribution in [0.3, 0.4) is 0 Å². The molecule has 0 aliphatic heterocycles. The summed E-state index contributed by atoms with van der Waals surface area (Å²) in [5.41, 5.74) is -0.160. The van der Waals surface area contributed by atoms with Gasteiger partial charge in [0.25, 0.3) is 0 Å². The maximum atomic E-state index is 13.2. The Morgan fingerprint density at radius 1 is 1.07 bits per heavy atom. The van der Waals surface area contributed by atoms with Gasteiger partial charge >= 0.3 is 6.00 Å². The van der Waals surface area contributed by atoms with E-state index >= 15 is 0 Å². The monoisotopic (exact) mass is 278 g/mol. The third kappa shape index (κ3) is 2.19. The van der Waals surface area contributed by atoms with Crippen molar-refractivity contribution in [2.45, 2.75) is 6.92 Å². The van der Waals surface area contributed by atoms with Gasteiger partial charge in [-0.25, -0.2) is 13.2 Å². The molecule has 78 valence electrons. The third-order valence-electron chi connectivity index (χ3n) is 1.62. The van der Waals surface area contributed by atoms with E-state index in [9.17, 15) is 13.2 Å². The van der Waals surface area contributed by atoms with Crippen molar-refractivity contribution >= 4 is 44.4 Å². The maximum Gasteiger partial charge on any atom is 0.378 e. The van der Waals surface area contributed by atoms with Crippen molar-refractivity contribution < 1.29 is 13.2 Å². The van der Waals surface area contributed by atoms with Crippen LogP contribution < -0.4 is 5.19 Å². The molecule has 0 nitrogen and oxygen atoms in total. The lowest BCUT2D eigenvalue weighted by molar-refractivity contribution is 0.497. The number of halogens is 6. The van der Waals surface area contributed by atoms with Gasteiger partial charge in [0.15, 0.2) is 11.6 Å². The standard InChI is InChI=1S/C7H4Cl3F3Si/c1-3-2-4(11)7(14(8,9)10)6(13)5(3)12/h2H,1H3. The van der Waals surface area contributed by atoms with E-state index in [1.807, 2.05) is 0 Å². The summed E-state index contributed by atoms with van der Waals surface area (Å²) in [6, 6.07) is -2.94. The average molecular weight is 280 g/mol.